The van der Waals surface area contributed by atoms with Crippen LogP contribution in [-0.4, -0.2) is 101 Å². The zero-order chi connectivity index (χ0) is 31.5. The first-order valence-electron chi connectivity index (χ1n) is 15.7. The number of amides is 2. The number of piperidine rings is 2. The van der Waals surface area contributed by atoms with Crippen LogP contribution in [0, 0.1) is 12.3 Å². The Morgan fingerprint density at radius 2 is 1.71 bits per heavy atom. The lowest BCUT2D eigenvalue weighted by atomic mass is 10.0. The Balaban J connectivity index is 1.14. The van der Waals surface area contributed by atoms with Gasteiger partial charge in [-0.2, -0.15) is 0 Å². The number of likely N-dealkylation sites (tertiary alicyclic amines) is 1. The molecule has 238 valence electrons. The summed E-state index contributed by atoms with van der Waals surface area (Å²) in [4.78, 5) is 49.0. The summed E-state index contributed by atoms with van der Waals surface area (Å²) in [5.41, 5.74) is 8.92. The van der Waals surface area contributed by atoms with E-state index in [4.69, 9.17) is 28.5 Å². The molecular weight excluding hydrogens is 594 g/mol. The van der Waals surface area contributed by atoms with Crippen molar-refractivity contribution in [1.82, 2.24) is 29.6 Å². The highest BCUT2D eigenvalue weighted by molar-refractivity contribution is 6.33. The van der Waals surface area contributed by atoms with Crippen LogP contribution in [0.1, 0.15) is 42.9 Å². The summed E-state index contributed by atoms with van der Waals surface area (Å²) in [6, 6.07) is 11.5. The van der Waals surface area contributed by atoms with Crippen molar-refractivity contribution in [2.75, 3.05) is 58.1 Å². The molecule has 6 rings (SSSR count). The summed E-state index contributed by atoms with van der Waals surface area (Å²) >= 11 is 6.36. The van der Waals surface area contributed by atoms with E-state index >= 15 is 0 Å². The van der Waals surface area contributed by atoms with Crippen LogP contribution in [0.4, 0.5) is 10.5 Å². The summed E-state index contributed by atoms with van der Waals surface area (Å²) in [5.74, 6) is 2.31. The zero-order valence-electron chi connectivity index (χ0n) is 25.3. The van der Waals surface area contributed by atoms with Gasteiger partial charge >= 0.3 is 11.8 Å². The maximum atomic E-state index is 13.9. The minimum Gasteiger partial charge on any atom is -0.436 e. The first-order chi connectivity index (χ1) is 21.8. The van der Waals surface area contributed by atoms with Gasteiger partial charge in [-0.3, -0.25) is 14.3 Å². The van der Waals surface area contributed by atoms with Crippen LogP contribution in [0.5, 0.6) is 0 Å². The van der Waals surface area contributed by atoms with Crippen molar-refractivity contribution in [1.29, 1.82) is 0 Å². The summed E-state index contributed by atoms with van der Waals surface area (Å²) in [5, 5.41) is 3.70. The van der Waals surface area contributed by atoms with E-state index in [2.05, 4.69) is 21.1 Å². The lowest BCUT2D eigenvalue weighted by Crippen LogP contribution is -2.56. The Bertz CT molecular complexity index is 1640. The number of imidazole rings is 1. The van der Waals surface area contributed by atoms with Gasteiger partial charge in [0.1, 0.15) is 0 Å². The van der Waals surface area contributed by atoms with E-state index in [0.717, 1.165) is 50.1 Å². The molecule has 12 heteroatoms. The molecule has 0 aliphatic carbocycles. The number of aromatic amines is 1. The molecule has 3 aromatic rings. The highest BCUT2D eigenvalue weighted by Gasteiger charge is 2.35. The molecule has 0 bridgehead atoms. The van der Waals surface area contributed by atoms with Crippen molar-refractivity contribution in [3.63, 3.8) is 0 Å². The third-order valence-electron chi connectivity index (χ3n) is 9.45. The fraction of sp³-hybridized carbons (Fsp3) is 0.485. The van der Waals surface area contributed by atoms with Gasteiger partial charge in [-0.15, -0.1) is 6.42 Å². The van der Waals surface area contributed by atoms with Gasteiger partial charge in [0.25, 0.3) is 5.91 Å². The van der Waals surface area contributed by atoms with Gasteiger partial charge in [0.2, 0.25) is 0 Å². The predicted molar refractivity (Wildman–Crippen MR) is 174 cm³/mol. The fourth-order valence-electron chi connectivity index (χ4n) is 6.93. The molecule has 0 saturated carbocycles. The van der Waals surface area contributed by atoms with E-state index < -0.39 is 12.2 Å². The van der Waals surface area contributed by atoms with E-state index in [0.29, 0.717) is 66.9 Å². The Morgan fingerprint density at radius 3 is 2.42 bits per heavy atom. The van der Waals surface area contributed by atoms with Crippen LogP contribution < -0.4 is 16.7 Å². The molecule has 2 aromatic carbocycles. The van der Waals surface area contributed by atoms with Gasteiger partial charge in [0.15, 0.2) is 6.10 Å². The second-order valence-corrected chi connectivity index (χ2v) is 12.5. The second kappa shape index (κ2) is 13.6. The molecule has 3 saturated heterocycles. The maximum Gasteiger partial charge on any atom is 0.410 e. The maximum absolute atomic E-state index is 13.9. The number of nitrogen functional groups attached to an aromatic ring is 1. The topological polar surface area (TPSA) is 129 Å². The standard InChI is InChI=1S/C33H40ClN7O4/c1-2-23-19-22(20-26(34)30(23)35)21-29(31(42)39-17-15-38(16-18-39)24-7-11-36-12-8-24)45-33(44)40-13-9-25(10-14-40)41-28-6-4-3-5-27(28)37-32(41)43/h1,3-6,19-20,24-25,29,36H,7-18,21,35H2,(H,37,43)/t29-/m1/s1. The zero-order valence-corrected chi connectivity index (χ0v) is 26.1. The first kappa shape index (κ1) is 31.0. The number of rotatable bonds is 6. The Hall–Kier alpha value is -3.98. The number of carbonyl (C=O) groups is 2. The van der Waals surface area contributed by atoms with Crippen molar-refractivity contribution in [2.24, 2.45) is 0 Å². The lowest BCUT2D eigenvalue weighted by Gasteiger charge is -2.41. The smallest absolute Gasteiger partial charge is 0.410 e. The predicted octanol–water partition coefficient (Wildman–Crippen LogP) is 2.83. The number of nitrogens with one attached hydrogen (secondary N) is 2. The number of halogens is 1. The van der Waals surface area contributed by atoms with E-state index in [1.165, 1.54) is 0 Å². The summed E-state index contributed by atoms with van der Waals surface area (Å²) in [7, 11) is 0. The van der Waals surface area contributed by atoms with Crippen molar-refractivity contribution in [3.05, 3.63) is 63.0 Å². The molecule has 45 heavy (non-hydrogen) atoms. The van der Waals surface area contributed by atoms with Crippen LogP contribution in [-0.2, 0) is 16.0 Å². The van der Waals surface area contributed by atoms with E-state index in [9.17, 15) is 14.4 Å². The van der Waals surface area contributed by atoms with Crippen LogP contribution in [0.15, 0.2) is 41.2 Å². The highest BCUT2D eigenvalue weighted by atomic mass is 35.5. The van der Waals surface area contributed by atoms with E-state index in [-0.39, 0.29) is 24.1 Å². The number of nitrogens with zero attached hydrogens (tertiary/aromatic N) is 4. The van der Waals surface area contributed by atoms with E-state index in [1.807, 2.05) is 24.3 Å². The number of piperazine rings is 1. The molecule has 0 radical (unpaired) electrons. The number of para-hydroxylation sites is 2. The SMILES string of the molecule is C#Cc1cc(C[C@@H](OC(=O)N2CCC(n3c(=O)[nH]c4ccccc43)CC2)C(=O)N2CCN(C3CCNCC3)CC2)cc(Cl)c1N. The Labute approximate surface area is 267 Å². The van der Waals surface area contributed by atoms with Crippen molar-refractivity contribution < 1.29 is 14.3 Å². The summed E-state index contributed by atoms with van der Waals surface area (Å²) in [6.07, 6.45) is 7.56. The normalized spacial score (nSPS) is 19.4. The van der Waals surface area contributed by atoms with Crippen molar-refractivity contribution in [2.45, 2.75) is 50.3 Å². The first-order valence-corrected chi connectivity index (χ1v) is 16.1. The molecule has 1 aromatic heterocycles. The fourth-order valence-corrected chi connectivity index (χ4v) is 7.17. The quantitative estimate of drug-likeness (QED) is 0.281. The highest BCUT2D eigenvalue weighted by Crippen LogP contribution is 2.28. The summed E-state index contributed by atoms with van der Waals surface area (Å²) in [6.45, 7) is 5.54. The molecule has 4 heterocycles. The number of aromatic nitrogens is 2. The molecule has 3 fully saturated rings. The Kier molecular flexibility index (Phi) is 9.35. The van der Waals surface area contributed by atoms with E-state index in [1.54, 1.807) is 26.5 Å². The molecule has 2 amide bonds. The van der Waals surface area contributed by atoms with Gasteiger partial charge in [-0.05, 0) is 68.6 Å². The van der Waals surface area contributed by atoms with Gasteiger partial charge in [0.05, 0.1) is 21.7 Å². The number of hydrogen-bond donors (Lipinski definition) is 3. The molecule has 4 N–H and O–H groups in total. The van der Waals surface area contributed by atoms with Crippen LogP contribution in [0.3, 0.4) is 0 Å². The molecule has 11 nitrogen and oxygen atoms in total. The Morgan fingerprint density at radius 1 is 1.00 bits per heavy atom. The van der Waals surface area contributed by atoms with Crippen LogP contribution in [0.25, 0.3) is 11.0 Å². The molecule has 0 unspecified atom stereocenters. The molecule has 3 aliphatic rings. The average molecular weight is 634 g/mol. The number of terminal acetylenes is 1. The number of fused-ring (bicyclic) bond motifs is 1. The minimum absolute atomic E-state index is 0.0505. The number of anilines is 1. The molecule has 3 aliphatic heterocycles. The van der Waals surface area contributed by atoms with Gasteiger partial charge in [-0.25, -0.2) is 9.59 Å². The minimum atomic E-state index is -1.05. The lowest BCUT2D eigenvalue weighted by molar-refractivity contribution is -0.143. The summed E-state index contributed by atoms with van der Waals surface area (Å²) < 4.78 is 7.77. The number of H-pyrrole nitrogens is 1. The number of carbonyl (C=O) groups excluding carboxylic acids is 2. The monoisotopic (exact) mass is 633 g/mol. The van der Waals surface area contributed by atoms with Crippen LogP contribution >= 0.6 is 11.6 Å². The van der Waals surface area contributed by atoms with Crippen molar-refractivity contribution >= 4 is 40.3 Å². The number of ether oxygens (including phenoxy) is 1. The van der Waals surface area contributed by atoms with Gasteiger partial charge < -0.3 is 30.6 Å². The van der Waals surface area contributed by atoms with Crippen molar-refractivity contribution in [3.8, 4) is 12.3 Å². The average Bonchev–Trinajstić information content (AvgIpc) is 3.41. The molecular formula is C33H40ClN7O4. The largest absolute Gasteiger partial charge is 0.436 e. The number of benzene rings is 2. The molecule has 1 atom stereocenters. The van der Waals surface area contributed by atoms with Crippen LogP contribution in [0.2, 0.25) is 5.02 Å². The van der Waals surface area contributed by atoms with Gasteiger partial charge in [-0.1, -0.05) is 29.7 Å². The number of nitrogens with two attached hydrogens (primary N) is 1. The number of hydrogen-bond acceptors (Lipinski definition) is 7. The van der Waals surface area contributed by atoms with Gasteiger partial charge in [0, 0.05) is 63.3 Å². The third kappa shape index (κ3) is 6.69. The molecule has 0 spiro atoms. The third-order valence-corrected chi connectivity index (χ3v) is 9.76. The second-order valence-electron chi connectivity index (χ2n) is 12.1.